The lowest BCUT2D eigenvalue weighted by molar-refractivity contribution is -0.119. The van der Waals surface area contributed by atoms with E-state index in [0.29, 0.717) is 24.3 Å². The van der Waals surface area contributed by atoms with Gasteiger partial charge in [-0.15, -0.1) is 0 Å². The summed E-state index contributed by atoms with van der Waals surface area (Å²) in [5, 5.41) is 9.68. The molecule has 1 aliphatic rings. The van der Waals surface area contributed by atoms with Crippen molar-refractivity contribution in [3.05, 3.63) is 42.2 Å². The number of benzene rings is 1. The first kappa shape index (κ1) is 13.2. The summed E-state index contributed by atoms with van der Waals surface area (Å²) >= 11 is 0. The van der Waals surface area contributed by atoms with Crippen LogP contribution in [0.5, 0.6) is 0 Å². The zero-order valence-electron chi connectivity index (χ0n) is 11.2. The van der Waals surface area contributed by atoms with Crippen molar-refractivity contribution in [2.24, 2.45) is 0 Å². The highest BCUT2D eigenvalue weighted by molar-refractivity contribution is 5.93. The zero-order valence-corrected chi connectivity index (χ0v) is 11.2. The molecule has 3 rings (SSSR count). The molecule has 0 aliphatic carbocycles. The van der Waals surface area contributed by atoms with Crippen LogP contribution in [0.1, 0.15) is 16.9 Å². The standard InChI is InChI=1S/C14H15N5O2/c15-9-1-3-11(4-2-9)19-6-5-12(18-19)14(21)17-10-7-13(20)16-8-10/h1-6,10H,7-8,15H2,(H,16,20)(H,17,21). The summed E-state index contributed by atoms with van der Waals surface area (Å²) in [6, 6.07) is 8.65. The van der Waals surface area contributed by atoms with Crippen LogP contribution in [0.15, 0.2) is 36.5 Å². The number of nitrogens with one attached hydrogen (secondary N) is 2. The minimum absolute atomic E-state index is 0.0484. The van der Waals surface area contributed by atoms with Crippen molar-refractivity contribution in [2.75, 3.05) is 12.3 Å². The number of nitrogens with zero attached hydrogens (tertiary/aromatic N) is 2. The fourth-order valence-electron chi connectivity index (χ4n) is 2.18. The number of carbonyl (C=O) groups excluding carboxylic acids is 2. The minimum Gasteiger partial charge on any atom is -0.399 e. The van der Waals surface area contributed by atoms with Crippen molar-refractivity contribution in [2.45, 2.75) is 12.5 Å². The Kier molecular flexibility index (Phi) is 3.31. The Morgan fingerprint density at radius 2 is 2.10 bits per heavy atom. The van der Waals surface area contributed by atoms with E-state index in [1.807, 2.05) is 12.1 Å². The topological polar surface area (TPSA) is 102 Å². The number of carbonyl (C=O) groups is 2. The van der Waals surface area contributed by atoms with E-state index < -0.39 is 0 Å². The van der Waals surface area contributed by atoms with Crippen LogP contribution < -0.4 is 16.4 Å². The molecule has 0 bridgehead atoms. The van der Waals surface area contributed by atoms with E-state index in [-0.39, 0.29) is 17.9 Å². The van der Waals surface area contributed by atoms with Crippen LogP contribution in [0.2, 0.25) is 0 Å². The molecule has 0 spiro atoms. The van der Waals surface area contributed by atoms with Gasteiger partial charge in [-0.05, 0) is 30.3 Å². The van der Waals surface area contributed by atoms with Crippen molar-refractivity contribution in [1.29, 1.82) is 0 Å². The molecule has 1 aliphatic heterocycles. The molecule has 0 radical (unpaired) electrons. The molecule has 108 valence electrons. The molecule has 1 fully saturated rings. The van der Waals surface area contributed by atoms with Gasteiger partial charge in [-0.2, -0.15) is 5.10 Å². The molecule has 2 aromatic rings. The largest absolute Gasteiger partial charge is 0.399 e. The number of aromatic nitrogens is 2. The first-order chi connectivity index (χ1) is 10.1. The zero-order chi connectivity index (χ0) is 14.8. The second-order valence-electron chi connectivity index (χ2n) is 4.92. The summed E-state index contributed by atoms with van der Waals surface area (Å²) in [5.41, 5.74) is 7.43. The molecule has 2 amide bonds. The molecule has 7 nitrogen and oxygen atoms in total. The van der Waals surface area contributed by atoms with Crippen LogP contribution >= 0.6 is 0 Å². The van der Waals surface area contributed by atoms with Gasteiger partial charge in [0.2, 0.25) is 5.91 Å². The first-order valence-corrected chi connectivity index (χ1v) is 6.61. The highest BCUT2D eigenvalue weighted by atomic mass is 16.2. The monoisotopic (exact) mass is 285 g/mol. The molecule has 2 heterocycles. The third kappa shape index (κ3) is 2.86. The number of hydrogen-bond donors (Lipinski definition) is 3. The number of nitrogen functional groups attached to an aromatic ring is 1. The van der Waals surface area contributed by atoms with Gasteiger partial charge >= 0.3 is 0 Å². The Bertz CT molecular complexity index is 677. The number of anilines is 1. The summed E-state index contributed by atoms with van der Waals surface area (Å²) in [4.78, 5) is 23.2. The maximum absolute atomic E-state index is 12.1. The molecule has 1 atom stereocenters. The lowest BCUT2D eigenvalue weighted by atomic mass is 10.2. The van der Waals surface area contributed by atoms with Gasteiger partial charge in [0.15, 0.2) is 5.69 Å². The van der Waals surface area contributed by atoms with Crippen LogP contribution in [0.4, 0.5) is 5.69 Å². The Hall–Kier alpha value is -2.83. The van der Waals surface area contributed by atoms with Crippen LogP contribution in [0.25, 0.3) is 5.69 Å². The van der Waals surface area contributed by atoms with Crippen molar-refractivity contribution in [3.63, 3.8) is 0 Å². The van der Waals surface area contributed by atoms with E-state index in [1.165, 1.54) is 0 Å². The SMILES string of the molecule is Nc1ccc(-n2ccc(C(=O)NC3CNC(=O)C3)n2)cc1. The lowest BCUT2D eigenvalue weighted by Crippen LogP contribution is -2.36. The maximum Gasteiger partial charge on any atom is 0.272 e. The van der Waals surface area contributed by atoms with Gasteiger partial charge in [0.25, 0.3) is 5.91 Å². The molecule has 21 heavy (non-hydrogen) atoms. The minimum atomic E-state index is -0.286. The average molecular weight is 285 g/mol. The van der Waals surface area contributed by atoms with Crippen LogP contribution in [-0.2, 0) is 4.79 Å². The second-order valence-corrected chi connectivity index (χ2v) is 4.92. The number of nitrogens with two attached hydrogens (primary N) is 1. The van der Waals surface area contributed by atoms with Crippen molar-refractivity contribution < 1.29 is 9.59 Å². The van der Waals surface area contributed by atoms with E-state index in [2.05, 4.69) is 15.7 Å². The third-order valence-electron chi connectivity index (χ3n) is 3.29. The van der Waals surface area contributed by atoms with Crippen LogP contribution in [0, 0.1) is 0 Å². The van der Waals surface area contributed by atoms with Gasteiger partial charge in [-0.25, -0.2) is 4.68 Å². The van der Waals surface area contributed by atoms with Gasteiger partial charge in [0.05, 0.1) is 11.7 Å². The van der Waals surface area contributed by atoms with E-state index in [9.17, 15) is 9.59 Å². The molecule has 1 unspecified atom stereocenters. The maximum atomic E-state index is 12.1. The van der Waals surface area contributed by atoms with Crippen molar-refractivity contribution in [1.82, 2.24) is 20.4 Å². The van der Waals surface area contributed by atoms with Crippen molar-refractivity contribution >= 4 is 17.5 Å². The number of rotatable bonds is 3. The third-order valence-corrected chi connectivity index (χ3v) is 3.29. The lowest BCUT2D eigenvalue weighted by Gasteiger charge is -2.08. The molecular formula is C14H15N5O2. The summed E-state index contributed by atoms with van der Waals surface area (Å²) in [6.07, 6.45) is 2.02. The normalized spacial score (nSPS) is 17.5. The van der Waals surface area contributed by atoms with Crippen LogP contribution in [0.3, 0.4) is 0 Å². The fourth-order valence-corrected chi connectivity index (χ4v) is 2.18. The van der Waals surface area contributed by atoms with E-state index in [4.69, 9.17) is 5.73 Å². The van der Waals surface area contributed by atoms with E-state index in [1.54, 1.807) is 29.1 Å². The Balaban J connectivity index is 1.71. The van der Waals surface area contributed by atoms with E-state index >= 15 is 0 Å². The Morgan fingerprint density at radius 1 is 1.33 bits per heavy atom. The predicted octanol–water partition coefficient (Wildman–Crippen LogP) is 0.0728. The number of amides is 2. The van der Waals surface area contributed by atoms with Crippen molar-refractivity contribution in [3.8, 4) is 5.69 Å². The Morgan fingerprint density at radius 3 is 2.76 bits per heavy atom. The van der Waals surface area contributed by atoms with Crippen LogP contribution in [-0.4, -0.2) is 34.2 Å². The van der Waals surface area contributed by atoms with Gasteiger partial charge in [-0.1, -0.05) is 0 Å². The predicted molar refractivity (Wildman–Crippen MR) is 76.9 cm³/mol. The summed E-state index contributed by atoms with van der Waals surface area (Å²) in [7, 11) is 0. The summed E-state index contributed by atoms with van der Waals surface area (Å²) < 4.78 is 1.60. The van der Waals surface area contributed by atoms with Gasteiger partial charge in [0, 0.05) is 24.8 Å². The molecule has 1 aromatic heterocycles. The van der Waals surface area contributed by atoms with Gasteiger partial charge < -0.3 is 16.4 Å². The molecule has 1 aromatic carbocycles. The molecular weight excluding hydrogens is 270 g/mol. The van der Waals surface area contributed by atoms with Gasteiger partial charge in [0.1, 0.15) is 0 Å². The molecule has 1 saturated heterocycles. The molecule has 4 N–H and O–H groups in total. The first-order valence-electron chi connectivity index (χ1n) is 6.61. The highest BCUT2D eigenvalue weighted by Crippen LogP contribution is 2.11. The average Bonchev–Trinajstić information content (AvgIpc) is 3.09. The quantitative estimate of drug-likeness (QED) is 0.695. The summed E-state index contributed by atoms with van der Waals surface area (Å²) in [5.74, 6) is -0.335. The number of hydrogen-bond acceptors (Lipinski definition) is 4. The Labute approximate surface area is 121 Å². The highest BCUT2D eigenvalue weighted by Gasteiger charge is 2.24. The fraction of sp³-hybridized carbons (Fsp3) is 0.214. The molecule has 0 saturated carbocycles. The summed E-state index contributed by atoms with van der Waals surface area (Å²) in [6.45, 7) is 0.462. The molecule has 7 heteroatoms. The van der Waals surface area contributed by atoms with E-state index in [0.717, 1.165) is 5.69 Å². The second kappa shape index (κ2) is 5.28. The van der Waals surface area contributed by atoms with Gasteiger partial charge in [-0.3, -0.25) is 9.59 Å². The smallest absolute Gasteiger partial charge is 0.272 e.